The summed E-state index contributed by atoms with van der Waals surface area (Å²) in [5.41, 5.74) is 1.96. The third-order valence-corrected chi connectivity index (χ3v) is 4.64. The van der Waals surface area contributed by atoms with Crippen molar-refractivity contribution in [3.05, 3.63) is 46.9 Å². The largest absolute Gasteiger partial charge is 0.370 e. The lowest BCUT2D eigenvalue weighted by atomic mass is 9.96. The Labute approximate surface area is 128 Å². The van der Waals surface area contributed by atoms with Crippen LogP contribution in [-0.2, 0) is 0 Å². The highest BCUT2D eigenvalue weighted by atomic mass is 32.1. The Kier molecular flexibility index (Phi) is 4.50. The SMILES string of the molecule is O=C(NCC1CCN(c2cccnc2)CC1)c1ccsc1. The number of hydrogen-bond donors (Lipinski definition) is 1. The lowest BCUT2D eigenvalue weighted by molar-refractivity contribution is 0.0945. The summed E-state index contributed by atoms with van der Waals surface area (Å²) in [4.78, 5) is 18.4. The first kappa shape index (κ1) is 14.1. The maximum Gasteiger partial charge on any atom is 0.252 e. The Morgan fingerprint density at radius 1 is 1.38 bits per heavy atom. The number of pyridine rings is 1. The van der Waals surface area contributed by atoms with Crippen LogP contribution in [0.15, 0.2) is 41.4 Å². The van der Waals surface area contributed by atoms with Crippen LogP contribution < -0.4 is 10.2 Å². The molecule has 1 aliphatic rings. The molecule has 4 nitrogen and oxygen atoms in total. The van der Waals surface area contributed by atoms with Crippen molar-refractivity contribution < 1.29 is 4.79 Å². The molecular formula is C16H19N3OS. The highest BCUT2D eigenvalue weighted by molar-refractivity contribution is 7.08. The maximum atomic E-state index is 11.9. The predicted molar refractivity (Wildman–Crippen MR) is 85.8 cm³/mol. The number of hydrogen-bond acceptors (Lipinski definition) is 4. The van der Waals surface area contributed by atoms with Crippen molar-refractivity contribution >= 4 is 22.9 Å². The number of thiophene rings is 1. The van der Waals surface area contributed by atoms with Crippen molar-refractivity contribution in [3.63, 3.8) is 0 Å². The van der Waals surface area contributed by atoms with Gasteiger partial charge in [0.1, 0.15) is 0 Å². The van der Waals surface area contributed by atoms with Crippen LogP contribution in [0.2, 0.25) is 0 Å². The van der Waals surface area contributed by atoms with E-state index in [1.807, 2.05) is 29.1 Å². The van der Waals surface area contributed by atoms with Crippen LogP contribution in [0.4, 0.5) is 5.69 Å². The normalized spacial score (nSPS) is 15.9. The number of rotatable bonds is 4. The number of nitrogens with zero attached hydrogens (tertiary/aromatic N) is 2. The number of piperidine rings is 1. The van der Waals surface area contributed by atoms with Crippen molar-refractivity contribution in [2.75, 3.05) is 24.5 Å². The Balaban J connectivity index is 1.45. The third-order valence-electron chi connectivity index (χ3n) is 3.96. The van der Waals surface area contributed by atoms with Gasteiger partial charge in [-0.05, 0) is 42.3 Å². The Morgan fingerprint density at radius 3 is 2.90 bits per heavy atom. The zero-order chi connectivity index (χ0) is 14.5. The van der Waals surface area contributed by atoms with Gasteiger partial charge in [-0.3, -0.25) is 9.78 Å². The van der Waals surface area contributed by atoms with Crippen LogP contribution in [0, 0.1) is 5.92 Å². The van der Waals surface area contributed by atoms with Gasteiger partial charge in [-0.1, -0.05) is 0 Å². The van der Waals surface area contributed by atoms with Crippen molar-refractivity contribution in [3.8, 4) is 0 Å². The van der Waals surface area contributed by atoms with Crippen molar-refractivity contribution in [1.29, 1.82) is 0 Å². The minimum absolute atomic E-state index is 0.0472. The molecule has 3 rings (SSSR count). The lowest BCUT2D eigenvalue weighted by Crippen LogP contribution is -2.38. The second-order valence-electron chi connectivity index (χ2n) is 5.36. The molecule has 0 unspecified atom stereocenters. The molecule has 0 bridgehead atoms. The van der Waals surface area contributed by atoms with Crippen LogP contribution in [-0.4, -0.2) is 30.5 Å². The number of nitrogens with one attached hydrogen (secondary N) is 1. The monoisotopic (exact) mass is 301 g/mol. The Hall–Kier alpha value is -1.88. The summed E-state index contributed by atoms with van der Waals surface area (Å²) in [5, 5.41) is 6.87. The van der Waals surface area contributed by atoms with Gasteiger partial charge < -0.3 is 10.2 Å². The van der Waals surface area contributed by atoms with Gasteiger partial charge in [0.05, 0.1) is 11.9 Å². The molecule has 21 heavy (non-hydrogen) atoms. The van der Waals surface area contributed by atoms with Gasteiger partial charge in [0.25, 0.3) is 5.91 Å². The smallest absolute Gasteiger partial charge is 0.252 e. The number of anilines is 1. The minimum Gasteiger partial charge on any atom is -0.370 e. The number of amides is 1. The van der Waals surface area contributed by atoms with E-state index >= 15 is 0 Å². The van der Waals surface area contributed by atoms with Gasteiger partial charge in [-0.2, -0.15) is 11.3 Å². The van der Waals surface area contributed by atoms with E-state index in [1.54, 1.807) is 17.5 Å². The van der Waals surface area contributed by atoms with Crippen molar-refractivity contribution in [2.45, 2.75) is 12.8 Å². The highest BCUT2D eigenvalue weighted by Gasteiger charge is 2.20. The second-order valence-corrected chi connectivity index (χ2v) is 6.14. The Bertz CT molecular complexity index is 562. The molecule has 5 heteroatoms. The van der Waals surface area contributed by atoms with Crippen molar-refractivity contribution in [1.82, 2.24) is 10.3 Å². The first-order chi connectivity index (χ1) is 10.3. The fraction of sp³-hybridized carbons (Fsp3) is 0.375. The first-order valence-corrected chi connectivity index (χ1v) is 8.22. The van der Waals surface area contributed by atoms with E-state index in [2.05, 4.69) is 21.3 Å². The standard InChI is InChI=1S/C16H19N3OS/c20-16(14-5-9-21-12-14)18-10-13-3-7-19(8-4-13)15-2-1-6-17-11-15/h1-2,5-6,9,11-13H,3-4,7-8,10H2,(H,18,20). The quantitative estimate of drug-likeness (QED) is 0.944. The third kappa shape index (κ3) is 3.61. The van der Waals surface area contributed by atoms with E-state index < -0.39 is 0 Å². The summed E-state index contributed by atoms with van der Waals surface area (Å²) in [5.74, 6) is 0.617. The van der Waals surface area contributed by atoms with Crippen LogP contribution in [0.3, 0.4) is 0 Å². The van der Waals surface area contributed by atoms with E-state index in [4.69, 9.17) is 0 Å². The van der Waals surface area contributed by atoms with E-state index in [1.165, 1.54) is 5.69 Å². The Morgan fingerprint density at radius 2 is 2.24 bits per heavy atom. The lowest BCUT2D eigenvalue weighted by Gasteiger charge is -2.33. The molecule has 1 saturated heterocycles. The number of carbonyl (C=O) groups is 1. The van der Waals surface area contributed by atoms with Crippen molar-refractivity contribution in [2.24, 2.45) is 5.92 Å². The van der Waals surface area contributed by atoms with E-state index in [-0.39, 0.29) is 5.91 Å². The summed E-state index contributed by atoms with van der Waals surface area (Å²) >= 11 is 1.55. The molecule has 0 saturated carbocycles. The van der Waals surface area contributed by atoms with Crippen LogP contribution >= 0.6 is 11.3 Å². The molecule has 0 atom stereocenters. The van der Waals surface area contributed by atoms with E-state index in [0.717, 1.165) is 38.0 Å². The van der Waals surface area contributed by atoms with Gasteiger partial charge in [0.15, 0.2) is 0 Å². The zero-order valence-electron chi connectivity index (χ0n) is 11.9. The fourth-order valence-corrected chi connectivity index (χ4v) is 3.30. The molecule has 0 aliphatic carbocycles. The average molecular weight is 301 g/mol. The van der Waals surface area contributed by atoms with Crippen LogP contribution in [0.1, 0.15) is 23.2 Å². The second kappa shape index (κ2) is 6.72. The van der Waals surface area contributed by atoms with Gasteiger partial charge in [-0.25, -0.2) is 0 Å². The molecule has 1 amide bonds. The predicted octanol–water partition coefficient (Wildman–Crippen LogP) is 2.79. The van der Waals surface area contributed by atoms with Gasteiger partial charge in [0, 0.05) is 36.8 Å². The molecule has 0 aromatic carbocycles. The first-order valence-electron chi connectivity index (χ1n) is 7.28. The highest BCUT2D eigenvalue weighted by Crippen LogP contribution is 2.22. The summed E-state index contributed by atoms with van der Waals surface area (Å²) in [6.07, 6.45) is 5.94. The van der Waals surface area contributed by atoms with Gasteiger partial charge in [-0.15, -0.1) is 0 Å². The van der Waals surface area contributed by atoms with Gasteiger partial charge in [0.2, 0.25) is 0 Å². The number of aromatic nitrogens is 1. The van der Waals surface area contributed by atoms with Gasteiger partial charge >= 0.3 is 0 Å². The van der Waals surface area contributed by atoms with E-state index in [9.17, 15) is 4.79 Å². The summed E-state index contributed by atoms with van der Waals surface area (Å²) < 4.78 is 0. The molecule has 2 aromatic heterocycles. The molecule has 0 spiro atoms. The number of carbonyl (C=O) groups excluding carboxylic acids is 1. The molecule has 1 N–H and O–H groups in total. The molecular weight excluding hydrogens is 282 g/mol. The molecule has 110 valence electrons. The summed E-state index contributed by atoms with van der Waals surface area (Å²) in [7, 11) is 0. The molecule has 1 fully saturated rings. The van der Waals surface area contributed by atoms with Crippen LogP contribution in [0.25, 0.3) is 0 Å². The zero-order valence-corrected chi connectivity index (χ0v) is 12.7. The topological polar surface area (TPSA) is 45.2 Å². The van der Waals surface area contributed by atoms with Crippen LogP contribution in [0.5, 0.6) is 0 Å². The minimum atomic E-state index is 0.0472. The fourth-order valence-electron chi connectivity index (χ4n) is 2.67. The maximum absolute atomic E-state index is 11.9. The molecule has 1 aliphatic heterocycles. The summed E-state index contributed by atoms with van der Waals surface area (Å²) in [6, 6.07) is 5.94. The molecule has 3 heterocycles. The average Bonchev–Trinajstić information content (AvgIpc) is 3.08. The summed E-state index contributed by atoms with van der Waals surface area (Å²) in [6.45, 7) is 2.84. The molecule has 2 aromatic rings. The van der Waals surface area contributed by atoms with E-state index in [0.29, 0.717) is 5.92 Å². The molecule has 0 radical (unpaired) electrons.